The highest BCUT2D eigenvalue weighted by Gasteiger charge is 2.20. The largest absolute Gasteiger partial charge is 0.493 e. The Morgan fingerprint density at radius 2 is 1.92 bits per heavy atom. The van der Waals surface area contributed by atoms with Crippen LogP contribution in [0.5, 0.6) is 5.75 Å². The average Bonchev–Trinajstić information content (AvgIpc) is 3.31. The second kappa shape index (κ2) is 7.14. The molecule has 0 unspecified atom stereocenters. The Labute approximate surface area is 149 Å². The summed E-state index contributed by atoms with van der Waals surface area (Å²) in [5.74, 6) is 1.09. The predicted octanol–water partition coefficient (Wildman–Crippen LogP) is 4.85. The SMILES string of the molecule is CCCOc1ccc(C=C2C=NN(c3ccccc3)C2)c2c1CCC2. The van der Waals surface area contributed by atoms with E-state index in [0.29, 0.717) is 0 Å². The van der Waals surface area contributed by atoms with E-state index in [1.807, 2.05) is 17.3 Å². The van der Waals surface area contributed by atoms with Crippen LogP contribution in [0.25, 0.3) is 6.08 Å². The van der Waals surface area contributed by atoms with E-state index in [1.165, 1.54) is 28.7 Å². The fourth-order valence-electron chi connectivity index (χ4n) is 3.62. The standard InChI is InChI=1S/C22H24N2O/c1-2-13-25-22-12-11-18(20-9-6-10-21(20)22)14-17-15-23-24(16-17)19-7-4-3-5-8-19/h3-5,7-8,11-12,14-15H,2,6,9-10,13,16H2,1H3. The number of nitrogens with zero attached hydrogens (tertiary/aromatic N) is 2. The van der Waals surface area contributed by atoms with Gasteiger partial charge >= 0.3 is 0 Å². The molecule has 0 bridgehead atoms. The monoisotopic (exact) mass is 332 g/mol. The van der Waals surface area contributed by atoms with Gasteiger partial charge in [0.15, 0.2) is 0 Å². The summed E-state index contributed by atoms with van der Waals surface area (Å²) in [5.41, 5.74) is 6.59. The molecule has 128 valence electrons. The zero-order chi connectivity index (χ0) is 17.1. The van der Waals surface area contributed by atoms with E-state index in [4.69, 9.17) is 4.74 Å². The smallest absolute Gasteiger partial charge is 0.122 e. The van der Waals surface area contributed by atoms with Gasteiger partial charge in [0.25, 0.3) is 0 Å². The number of benzene rings is 2. The van der Waals surface area contributed by atoms with Crippen molar-refractivity contribution in [2.45, 2.75) is 32.6 Å². The maximum Gasteiger partial charge on any atom is 0.122 e. The number of para-hydroxylation sites is 1. The van der Waals surface area contributed by atoms with Crippen LogP contribution in [-0.4, -0.2) is 19.4 Å². The molecule has 1 aliphatic carbocycles. The van der Waals surface area contributed by atoms with Crippen LogP contribution in [0.2, 0.25) is 0 Å². The Bertz CT molecular complexity index is 808. The summed E-state index contributed by atoms with van der Waals surface area (Å²) in [6.45, 7) is 3.77. The first-order chi connectivity index (χ1) is 12.3. The van der Waals surface area contributed by atoms with Gasteiger partial charge in [-0.3, -0.25) is 5.01 Å². The number of fused-ring (bicyclic) bond motifs is 1. The van der Waals surface area contributed by atoms with Crippen LogP contribution in [0.15, 0.2) is 53.1 Å². The summed E-state index contributed by atoms with van der Waals surface area (Å²) >= 11 is 0. The lowest BCUT2D eigenvalue weighted by atomic mass is 10.0. The van der Waals surface area contributed by atoms with Crippen molar-refractivity contribution in [1.29, 1.82) is 0 Å². The zero-order valence-corrected chi connectivity index (χ0v) is 14.7. The van der Waals surface area contributed by atoms with E-state index < -0.39 is 0 Å². The predicted molar refractivity (Wildman–Crippen MR) is 105 cm³/mol. The number of anilines is 1. The van der Waals surface area contributed by atoms with E-state index in [1.54, 1.807) is 0 Å². The van der Waals surface area contributed by atoms with Gasteiger partial charge in [-0.15, -0.1) is 0 Å². The summed E-state index contributed by atoms with van der Waals surface area (Å²) in [6, 6.07) is 14.7. The second-order valence-electron chi connectivity index (χ2n) is 6.67. The molecule has 1 heterocycles. The van der Waals surface area contributed by atoms with E-state index >= 15 is 0 Å². The Kier molecular flexibility index (Phi) is 4.55. The highest BCUT2D eigenvalue weighted by Crippen LogP contribution is 2.34. The van der Waals surface area contributed by atoms with Crippen molar-refractivity contribution in [2.24, 2.45) is 5.10 Å². The Morgan fingerprint density at radius 3 is 2.76 bits per heavy atom. The summed E-state index contributed by atoms with van der Waals surface area (Å²) in [6.07, 6.45) is 8.83. The second-order valence-corrected chi connectivity index (χ2v) is 6.67. The molecular weight excluding hydrogens is 308 g/mol. The molecule has 2 aliphatic rings. The first-order valence-corrected chi connectivity index (χ1v) is 9.20. The fourth-order valence-corrected chi connectivity index (χ4v) is 3.62. The molecule has 2 aromatic rings. The van der Waals surface area contributed by atoms with Crippen molar-refractivity contribution < 1.29 is 4.74 Å². The van der Waals surface area contributed by atoms with Crippen LogP contribution in [0.4, 0.5) is 5.69 Å². The minimum atomic E-state index is 0.797. The molecule has 0 spiro atoms. The third-order valence-electron chi connectivity index (χ3n) is 4.83. The molecule has 4 rings (SSSR count). The van der Waals surface area contributed by atoms with Crippen molar-refractivity contribution >= 4 is 18.0 Å². The number of hydrogen-bond donors (Lipinski definition) is 0. The van der Waals surface area contributed by atoms with Gasteiger partial charge < -0.3 is 4.74 Å². The van der Waals surface area contributed by atoms with Gasteiger partial charge in [0.2, 0.25) is 0 Å². The lowest BCUT2D eigenvalue weighted by Gasteiger charge is -2.14. The Balaban J connectivity index is 1.56. The van der Waals surface area contributed by atoms with Gasteiger partial charge in [-0.05, 0) is 72.2 Å². The minimum Gasteiger partial charge on any atom is -0.493 e. The average molecular weight is 332 g/mol. The molecule has 0 fully saturated rings. The highest BCUT2D eigenvalue weighted by atomic mass is 16.5. The van der Waals surface area contributed by atoms with Gasteiger partial charge in [-0.1, -0.05) is 31.2 Å². The van der Waals surface area contributed by atoms with Crippen molar-refractivity contribution in [1.82, 2.24) is 0 Å². The van der Waals surface area contributed by atoms with Crippen LogP contribution in [0, 0.1) is 0 Å². The number of ether oxygens (including phenoxy) is 1. The minimum absolute atomic E-state index is 0.797. The number of rotatable bonds is 5. The van der Waals surface area contributed by atoms with Crippen molar-refractivity contribution in [2.75, 3.05) is 18.2 Å². The van der Waals surface area contributed by atoms with Crippen LogP contribution < -0.4 is 9.75 Å². The molecule has 2 aromatic carbocycles. The maximum absolute atomic E-state index is 5.94. The molecule has 0 N–H and O–H groups in total. The quantitative estimate of drug-likeness (QED) is 0.781. The van der Waals surface area contributed by atoms with Crippen LogP contribution in [0.1, 0.15) is 36.5 Å². The maximum atomic E-state index is 5.94. The lowest BCUT2D eigenvalue weighted by Crippen LogP contribution is -2.12. The molecule has 25 heavy (non-hydrogen) atoms. The molecule has 0 radical (unpaired) electrons. The normalized spacial score (nSPS) is 17.3. The van der Waals surface area contributed by atoms with Gasteiger partial charge in [0.05, 0.1) is 25.1 Å². The molecular formula is C22H24N2O. The third kappa shape index (κ3) is 3.32. The van der Waals surface area contributed by atoms with Crippen LogP contribution in [0.3, 0.4) is 0 Å². The molecule has 3 heteroatoms. The first-order valence-electron chi connectivity index (χ1n) is 9.20. The molecule has 1 aliphatic heterocycles. The van der Waals surface area contributed by atoms with E-state index in [0.717, 1.165) is 43.9 Å². The number of hydrazone groups is 1. The van der Waals surface area contributed by atoms with E-state index in [9.17, 15) is 0 Å². The van der Waals surface area contributed by atoms with Crippen LogP contribution >= 0.6 is 0 Å². The summed E-state index contributed by atoms with van der Waals surface area (Å²) in [5, 5.41) is 6.60. The summed E-state index contributed by atoms with van der Waals surface area (Å²) in [4.78, 5) is 0. The Hall–Kier alpha value is -2.55. The van der Waals surface area contributed by atoms with Gasteiger partial charge in [0, 0.05) is 0 Å². The fraction of sp³-hybridized carbons (Fsp3) is 0.318. The first kappa shape index (κ1) is 15.9. The van der Waals surface area contributed by atoms with Gasteiger partial charge in [-0.2, -0.15) is 5.10 Å². The molecule has 3 nitrogen and oxygen atoms in total. The molecule has 0 saturated heterocycles. The Morgan fingerprint density at radius 1 is 1.08 bits per heavy atom. The van der Waals surface area contributed by atoms with Crippen molar-refractivity contribution in [3.63, 3.8) is 0 Å². The summed E-state index contributed by atoms with van der Waals surface area (Å²) < 4.78 is 5.94. The molecule has 0 saturated carbocycles. The van der Waals surface area contributed by atoms with E-state index in [2.05, 4.69) is 54.5 Å². The zero-order valence-electron chi connectivity index (χ0n) is 14.7. The highest BCUT2D eigenvalue weighted by molar-refractivity contribution is 5.90. The third-order valence-corrected chi connectivity index (χ3v) is 4.83. The molecule has 0 atom stereocenters. The van der Waals surface area contributed by atoms with Crippen molar-refractivity contribution in [3.8, 4) is 5.75 Å². The topological polar surface area (TPSA) is 24.8 Å². The summed E-state index contributed by atoms with van der Waals surface area (Å²) in [7, 11) is 0. The van der Waals surface area contributed by atoms with Gasteiger partial charge in [-0.25, -0.2) is 0 Å². The number of hydrogen-bond acceptors (Lipinski definition) is 3. The van der Waals surface area contributed by atoms with Crippen molar-refractivity contribution in [3.05, 3.63) is 64.7 Å². The van der Waals surface area contributed by atoms with E-state index in [-0.39, 0.29) is 0 Å². The molecule has 0 aromatic heterocycles. The van der Waals surface area contributed by atoms with Gasteiger partial charge in [0.1, 0.15) is 5.75 Å². The lowest BCUT2D eigenvalue weighted by molar-refractivity contribution is 0.314. The van der Waals surface area contributed by atoms with Crippen LogP contribution in [-0.2, 0) is 12.8 Å². The molecule has 0 amide bonds.